The second-order valence-corrected chi connectivity index (χ2v) is 6.47. The number of amides is 2. The lowest BCUT2D eigenvalue weighted by molar-refractivity contribution is 0.197. The van der Waals surface area contributed by atoms with E-state index in [0.717, 1.165) is 43.7 Å². The van der Waals surface area contributed by atoms with Crippen molar-refractivity contribution in [3.05, 3.63) is 0 Å². The van der Waals surface area contributed by atoms with Crippen molar-refractivity contribution < 1.29 is 4.79 Å². The van der Waals surface area contributed by atoms with E-state index in [0.29, 0.717) is 0 Å². The summed E-state index contributed by atoms with van der Waals surface area (Å²) in [5.74, 6) is 2.16. The predicted octanol–water partition coefficient (Wildman–Crippen LogP) is 1.62. The molecule has 0 atom stereocenters. The van der Waals surface area contributed by atoms with Gasteiger partial charge >= 0.3 is 6.03 Å². The second kappa shape index (κ2) is 7.24. The monoisotopic (exact) mass is 271 g/mol. The lowest BCUT2D eigenvalue weighted by Crippen LogP contribution is -2.46. The van der Waals surface area contributed by atoms with E-state index in [9.17, 15) is 4.79 Å². The second-order valence-electron chi connectivity index (χ2n) is 5.25. The number of carbonyl (C=O) groups excluding carboxylic acids is 1. The topological polar surface area (TPSA) is 35.6 Å². The van der Waals surface area contributed by atoms with Crippen molar-refractivity contribution in [2.24, 2.45) is 0 Å². The fourth-order valence-corrected chi connectivity index (χ4v) is 3.65. The van der Waals surface area contributed by atoms with Crippen LogP contribution < -0.4 is 5.32 Å². The van der Waals surface area contributed by atoms with Crippen molar-refractivity contribution in [3.8, 4) is 0 Å². The normalized spacial score (nSPS) is 21.6. The Labute approximate surface area is 114 Å². The van der Waals surface area contributed by atoms with E-state index in [1.807, 2.05) is 16.7 Å². The van der Waals surface area contributed by atoms with Crippen LogP contribution in [0, 0.1) is 0 Å². The molecule has 104 valence electrons. The number of likely N-dealkylation sites (N-methyl/N-ethyl adjacent to an activating group) is 1. The molecule has 0 aromatic rings. The van der Waals surface area contributed by atoms with Crippen LogP contribution in [0.2, 0.25) is 0 Å². The Hall–Kier alpha value is -0.420. The molecular formula is C13H25N3OS. The molecule has 1 aliphatic heterocycles. The Kier molecular flexibility index (Phi) is 5.63. The van der Waals surface area contributed by atoms with Gasteiger partial charge in [-0.25, -0.2) is 4.79 Å². The molecule has 5 heteroatoms. The SMILES string of the molecule is CN(CCNC(=O)N1CCSCC1)C1CCCC1. The first-order valence-electron chi connectivity index (χ1n) is 7.08. The van der Waals surface area contributed by atoms with Crippen LogP contribution in [0.15, 0.2) is 0 Å². The standard InChI is InChI=1S/C13H25N3OS/c1-15(12-4-2-3-5-12)7-6-14-13(17)16-8-10-18-11-9-16/h12H,2-11H2,1H3,(H,14,17). The van der Waals surface area contributed by atoms with E-state index < -0.39 is 0 Å². The average molecular weight is 271 g/mol. The Morgan fingerprint density at radius 3 is 2.67 bits per heavy atom. The lowest BCUT2D eigenvalue weighted by Gasteiger charge is -2.28. The maximum absolute atomic E-state index is 11.9. The van der Waals surface area contributed by atoms with Crippen LogP contribution in [-0.2, 0) is 0 Å². The van der Waals surface area contributed by atoms with Crippen molar-refractivity contribution in [1.82, 2.24) is 15.1 Å². The predicted molar refractivity (Wildman–Crippen MR) is 77.2 cm³/mol. The zero-order valence-electron chi connectivity index (χ0n) is 11.4. The fraction of sp³-hybridized carbons (Fsp3) is 0.923. The van der Waals surface area contributed by atoms with Gasteiger partial charge in [-0.15, -0.1) is 0 Å². The highest BCUT2D eigenvalue weighted by atomic mass is 32.2. The van der Waals surface area contributed by atoms with Crippen molar-refractivity contribution >= 4 is 17.8 Å². The van der Waals surface area contributed by atoms with Crippen molar-refractivity contribution in [2.45, 2.75) is 31.7 Å². The molecule has 18 heavy (non-hydrogen) atoms. The van der Waals surface area contributed by atoms with E-state index in [2.05, 4.69) is 17.3 Å². The lowest BCUT2D eigenvalue weighted by atomic mass is 10.2. The molecule has 0 spiro atoms. The van der Waals surface area contributed by atoms with E-state index in [1.54, 1.807) is 0 Å². The number of hydrogen-bond donors (Lipinski definition) is 1. The zero-order valence-corrected chi connectivity index (χ0v) is 12.2. The Bertz CT molecular complexity index is 263. The zero-order chi connectivity index (χ0) is 12.8. The maximum Gasteiger partial charge on any atom is 0.317 e. The van der Waals surface area contributed by atoms with Gasteiger partial charge in [0, 0.05) is 43.7 Å². The summed E-state index contributed by atoms with van der Waals surface area (Å²) < 4.78 is 0. The first-order chi connectivity index (χ1) is 8.77. The van der Waals surface area contributed by atoms with Crippen LogP contribution in [0.3, 0.4) is 0 Å². The quantitative estimate of drug-likeness (QED) is 0.844. The van der Waals surface area contributed by atoms with Gasteiger partial charge in [-0.1, -0.05) is 12.8 Å². The molecule has 1 saturated carbocycles. The molecule has 4 nitrogen and oxygen atoms in total. The van der Waals surface area contributed by atoms with E-state index in [4.69, 9.17) is 0 Å². The third-order valence-corrected chi connectivity index (χ3v) is 4.93. The summed E-state index contributed by atoms with van der Waals surface area (Å²) in [5, 5.41) is 3.04. The number of thioether (sulfide) groups is 1. The van der Waals surface area contributed by atoms with Crippen molar-refractivity contribution in [3.63, 3.8) is 0 Å². The smallest absolute Gasteiger partial charge is 0.317 e. The summed E-state index contributed by atoms with van der Waals surface area (Å²) in [6, 6.07) is 0.864. The average Bonchev–Trinajstić information content (AvgIpc) is 2.93. The summed E-state index contributed by atoms with van der Waals surface area (Å²) >= 11 is 1.93. The number of urea groups is 1. The van der Waals surface area contributed by atoms with Crippen LogP contribution in [0.5, 0.6) is 0 Å². The van der Waals surface area contributed by atoms with Gasteiger partial charge in [-0.3, -0.25) is 0 Å². The highest BCUT2D eigenvalue weighted by Gasteiger charge is 2.20. The summed E-state index contributed by atoms with van der Waals surface area (Å²) in [6.45, 7) is 3.54. The number of carbonyl (C=O) groups is 1. The summed E-state index contributed by atoms with van der Waals surface area (Å²) in [6.07, 6.45) is 5.39. The molecule has 0 bridgehead atoms. The molecule has 1 heterocycles. The largest absolute Gasteiger partial charge is 0.337 e. The highest BCUT2D eigenvalue weighted by molar-refractivity contribution is 7.99. The minimum Gasteiger partial charge on any atom is -0.337 e. The van der Waals surface area contributed by atoms with Gasteiger partial charge in [0.15, 0.2) is 0 Å². The van der Waals surface area contributed by atoms with E-state index in [1.165, 1.54) is 25.7 Å². The fourth-order valence-electron chi connectivity index (χ4n) is 2.75. The van der Waals surface area contributed by atoms with Gasteiger partial charge in [-0.05, 0) is 19.9 Å². The molecule has 0 radical (unpaired) electrons. The van der Waals surface area contributed by atoms with Gasteiger partial charge in [0.1, 0.15) is 0 Å². The molecule has 0 aromatic heterocycles. The number of nitrogens with zero attached hydrogens (tertiary/aromatic N) is 2. The number of rotatable bonds is 4. The van der Waals surface area contributed by atoms with Crippen LogP contribution in [0.4, 0.5) is 4.79 Å². The molecule has 2 rings (SSSR count). The molecule has 2 amide bonds. The highest BCUT2D eigenvalue weighted by Crippen LogP contribution is 2.21. The third-order valence-electron chi connectivity index (χ3n) is 3.99. The van der Waals surface area contributed by atoms with Crippen LogP contribution >= 0.6 is 11.8 Å². The van der Waals surface area contributed by atoms with Gasteiger partial charge in [0.25, 0.3) is 0 Å². The molecule has 2 aliphatic rings. The van der Waals surface area contributed by atoms with Gasteiger partial charge in [0.05, 0.1) is 0 Å². The molecule has 1 N–H and O–H groups in total. The molecule has 1 aliphatic carbocycles. The Balaban J connectivity index is 1.60. The molecule has 0 aromatic carbocycles. The summed E-state index contributed by atoms with van der Waals surface area (Å²) in [5.41, 5.74) is 0. The minimum absolute atomic E-state index is 0.120. The Morgan fingerprint density at radius 2 is 2.00 bits per heavy atom. The number of hydrogen-bond acceptors (Lipinski definition) is 3. The van der Waals surface area contributed by atoms with E-state index in [-0.39, 0.29) is 6.03 Å². The van der Waals surface area contributed by atoms with Gasteiger partial charge in [0.2, 0.25) is 0 Å². The van der Waals surface area contributed by atoms with Gasteiger partial charge < -0.3 is 15.1 Å². The first-order valence-corrected chi connectivity index (χ1v) is 8.23. The third kappa shape index (κ3) is 4.05. The van der Waals surface area contributed by atoms with E-state index >= 15 is 0 Å². The van der Waals surface area contributed by atoms with Crippen molar-refractivity contribution in [2.75, 3.05) is 44.7 Å². The van der Waals surface area contributed by atoms with Gasteiger partial charge in [-0.2, -0.15) is 11.8 Å². The summed E-state index contributed by atoms with van der Waals surface area (Å²) in [4.78, 5) is 16.2. The Morgan fingerprint density at radius 1 is 1.33 bits per heavy atom. The number of nitrogens with one attached hydrogen (secondary N) is 1. The molecule has 0 unspecified atom stereocenters. The summed E-state index contributed by atoms with van der Waals surface area (Å²) in [7, 11) is 2.18. The maximum atomic E-state index is 11.9. The minimum atomic E-state index is 0.120. The van der Waals surface area contributed by atoms with Crippen molar-refractivity contribution in [1.29, 1.82) is 0 Å². The van der Waals surface area contributed by atoms with Crippen LogP contribution in [0.1, 0.15) is 25.7 Å². The molecule has 2 fully saturated rings. The first kappa shape index (κ1) is 14.0. The van der Waals surface area contributed by atoms with Crippen LogP contribution in [0.25, 0.3) is 0 Å². The van der Waals surface area contributed by atoms with Crippen LogP contribution in [-0.4, -0.2) is 66.6 Å². The molecular weight excluding hydrogens is 246 g/mol. The molecule has 1 saturated heterocycles.